The van der Waals surface area contributed by atoms with E-state index in [0.29, 0.717) is 17.3 Å². The Hall–Kier alpha value is -1.68. The molecule has 3 nitrogen and oxygen atoms in total. The van der Waals surface area contributed by atoms with Crippen LogP contribution in [0.2, 0.25) is 0 Å². The number of pyridine rings is 1. The van der Waals surface area contributed by atoms with Crippen molar-refractivity contribution in [3.05, 3.63) is 35.6 Å². The topological polar surface area (TPSA) is 50.9 Å². The highest BCUT2D eigenvalue weighted by molar-refractivity contribution is 5.82. The Bertz CT molecular complexity index is 606. The average Bonchev–Trinajstić information content (AvgIpc) is 2.48. The summed E-state index contributed by atoms with van der Waals surface area (Å²) in [5.41, 5.74) is 4.10. The Labute approximate surface area is 118 Å². The van der Waals surface area contributed by atoms with E-state index in [1.54, 1.807) is 6.07 Å². The standard InChI is InChI=1S/C16H20FN3/c17-14-8-4-7-12-10-13(16(20-18)19-15(12)14)9-11-5-2-1-3-6-11/h4,7-8,10-11H,1-3,5-6,9,18H2,(H,19,20). The van der Waals surface area contributed by atoms with Crippen LogP contribution < -0.4 is 11.3 Å². The number of hydrogen-bond acceptors (Lipinski definition) is 3. The van der Waals surface area contributed by atoms with Gasteiger partial charge in [-0.1, -0.05) is 44.2 Å². The summed E-state index contributed by atoms with van der Waals surface area (Å²) in [6, 6.07) is 7.07. The molecule has 0 saturated heterocycles. The molecule has 1 fully saturated rings. The van der Waals surface area contributed by atoms with E-state index >= 15 is 0 Å². The molecule has 1 aliphatic rings. The summed E-state index contributed by atoms with van der Waals surface area (Å²) in [6.45, 7) is 0. The molecule has 4 heteroatoms. The molecule has 1 heterocycles. The molecule has 2 aromatic rings. The van der Waals surface area contributed by atoms with Crippen LogP contribution in [0.25, 0.3) is 10.9 Å². The molecular weight excluding hydrogens is 253 g/mol. The number of hydrazine groups is 1. The highest BCUT2D eigenvalue weighted by Crippen LogP contribution is 2.30. The number of anilines is 1. The first-order valence-electron chi connectivity index (χ1n) is 7.32. The van der Waals surface area contributed by atoms with E-state index in [1.807, 2.05) is 12.1 Å². The van der Waals surface area contributed by atoms with Crippen molar-refractivity contribution in [1.82, 2.24) is 4.98 Å². The maximum Gasteiger partial charge on any atom is 0.149 e. The van der Waals surface area contributed by atoms with Crippen LogP contribution in [0.4, 0.5) is 10.2 Å². The lowest BCUT2D eigenvalue weighted by Crippen LogP contribution is -2.15. The SMILES string of the molecule is NNc1nc2c(F)cccc2cc1CC1CCCCC1. The quantitative estimate of drug-likeness (QED) is 0.661. The molecule has 3 N–H and O–H groups in total. The third kappa shape index (κ3) is 2.61. The molecule has 0 aliphatic heterocycles. The number of fused-ring (bicyclic) bond motifs is 1. The first-order valence-corrected chi connectivity index (χ1v) is 7.32. The lowest BCUT2D eigenvalue weighted by atomic mass is 9.85. The van der Waals surface area contributed by atoms with Gasteiger partial charge in [-0.25, -0.2) is 15.2 Å². The van der Waals surface area contributed by atoms with Crippen LogP contribution in [-0.2, 0) is 6.42 Å². The minimum atomic E-state index is -0.303. The fraction of sp³-hybridized carbons (Fsp3) is 0.438. The van der Waals surface area contributed by atoms with Gasteiger partial charge in [0.2, 0.25) is 0 Å². The van der Waals surface area contributed by atoms with Crippen molar-refractivity contribution in [1.29, 1.82) is 0 Å². The summed E-state index contributed by atoms with van der Waals surface area (Å²) in [7, 11) is 0. The normalized spacial score (nSPS) is 16.5. The zero-order valence-electron chi connectivity index (χ0n) is 11.5. The molecule has 0 spiro atoms. The van der Waals surface area contributed by atoms with Gasteiger partial charge < -0.3 is 5.43 Å². The van der Waals surface area contributed by atoms with E-state index < -0.39 is 0 Å². The molecule has 20 heavy (non-hydrogen) atoms. The number of benzene rings is 1. The molecule has 1 aromatic heterocycles. The Morgan fingerprint density at radius 3 is 2.80 bits per heavy atom. The van der Waals surface area contributed by atoms with Gasteiger partial charge in [-0.15, -0.1) is 0 Å². The second-order valence-electron chi connectivity index (χ2n) is 5.66. The molecule has 0 amide bonds. The molecule has 1 aromatic carbocycles. The predicted molar refractivity (Wildman–Crippen MR) is 79.8 cm³/mol. The van der Waals surface area contributed by atoms with E-state index in [0.717, 1.165) is 17.4 Å². The van der Waals surface area contributed by atoms with Crippen LogP contribution >= 0.6 is 0 Å². The highest BCUT2D eigenvalue weighted by atomic mass is 19.1. The molecule has 0 atom stereocenters. The van der Waals surface area contributed by atoms with Crippen LogP contribution in [0.5, 0.6) is 0 Å². The van der Waals surface area contributed by atoms with Crippen molar-refractivity contribution in [2.45, 2.75) is 38.5 Å². The number of nitrogens with two attached hydrogens (primary N) is 1. The van der Waals surface area contributed by atoms with Gasteiger partial charge in [-0.2, -0.15) is 0 Å². The van der Waals surface area contributed by atoms with Crippen LogP contribution in [0.15, 0.2) is 24.3 Å². The molecule has 0 unspecified atom stereocenters. The van der Waals surface area contributed by atoms with Gasteiger partial charge in [0.05, 0.1) is 0 Å². The average molecular weight is 273 g/mol. The van der Waals surface area contributed by atoms with E-state index in [1.165, 1.54) is 38.2 Å². The minimum Gasteiger partial charge on any atom is -0.308 e. The van der Waals surface area contributed by atoms with E-state index in [9.17, 15) is 4.39 Å². The zero-order valence-corrected chi connectivity index (χ0v) is 11.5. The Kier molecular flexibility index (Phi) is 3.83. The molecule has 0 radical (unpaired) electrons. The van der Waals surface area contributed by atoms with Crippen molar-refractivity contribution >= 4 is 16.7 Å². The van der Waals surface area contributed by atoms with Crippen LogP contribution in [0, 0.1) is 11.7 Å². The van der Waals surface area contributed by atoms with Gasteiger partial charge in [0.1, 0.15) is 17.2 Å². The molecule has 0 bridgehead atoms. The molecule has 1 saturated carbocycles. The zero-order chi connectivity index (χ0) is 13.9. The number of nitrogen functional groups attached to an aromatic ring is 1. The molecular formula is C16H20FN3. The Morgan fingerprint density at radius 2 is 2.05 bits per heavy atom. The second kappa shape index (κ2) is 5.75. The van der Waals surface area contributed by atoms with Gasteiger partial charge in [0.15, 0.2) is 0 Å². The van der Waals surface area contributed by atoms with E-state index in [4.69, 9.17) is 5.84 Å². The number of para-hydroxylation sites is 1. The van der Waals surface area contributed by atoms with Gasteiger partial charge in [0, 0.05) is 5.39 Å². The summed E-state index contributed by atoms with van der Waals surface area (Å²) in [5, 5.41) is 0.842. The number of halogens is 1. The van der Waals surface area contributed by atoms with Crippen LogP contribution in [0.1, 0.15) is 37.7 Å². The monoisotopic (exact) mass is 273 g/mol. The summed E-state index contributed by atoms with van der Waals surface area (Å²) in [6.07, 6.45) is 7.48. The second-order valence-corrected chi connectivity index (χ2v) is 5.66. The lowest BCUT2D eigenvalue weighted by Gasteiger charge is -2.22. The summed E-state index contributed by atoms with van der Waals surface area (Å²) >= 11 is 0. The number of nitrogens with zero attached hydrogens (tertiary/aromatic N) is 1. The van der Waals surface area contributed by atoms with Gasteiger partial charge in [-0.05, 0) is 30.0 Å². The third-order valence-electron chi connectivity index (χ3n) is 4.25. The first-order chi connectivity index (χ1) is 9.78. The molecule has 106 valence electrons. The summed E-state index contributed by atoms with van der Waals surface area (Å²) < 4.78 is 13.8. The van der Waals surface area contributed by atoms with E-state index in [2.05, 4.69) is 10.4 Å². The van der Waals surface area contributed by atoms with Gasteiger partial charge in [-0.3, -0.25) is 0 Å². The number of rotatable bonds is 3. The fourth-order valence-electron chi connectivity index (χ4n) is 3.19. The van der Waals surface area contributed by atoms with Gasteiger partial charge in [0.25, 0.3) is 0 Å². The molecule has 1 aliphatic carbocycles. The lowest BCUT2D eigenvalue weighted by molar-refractivity contribution is 0.357. The largest absolute Gasteiger partial charge is 0.308 e. The van der Waals surface area contributed by atoms with E-state index in [-0.39, 0.29) is 5.82 Å². The summed E-state index contributed by atoms with van der Waals surface area (Å²) in [4.78, 5) is 4.35. The van der Waals surface area contributed by atoms with Crippen molar-refractivity contribution < 1.29 is 4.39 Å². The van der Waals surface area contributed by atoms with Crippen molar-refractivity contribution in [3.63, 3.8) is 0 Å². The summed E-state index contributed by atoms with van der Waals surface area (Å²) in [5.74, 6) is 6.56. The third-order valence-corrected chi connectivity index (χ3v) is 4.25. The van der Waals surface area contributed by atoms with Crippen molar-refractivity contribution in [2.75, 3.05) is 5.43 Å². The van der Waals surface area contributed by atoms with Crippen molar-refractivity contribution in [2.24, 2.45) is 11.8 Å². The number of aromatic nitrogens is 1. The van der Waals surface area contributed by atoms with Crippen molar-refractivity contribution in [3.8, 4) is 0 Å². The molecule has 3 rings (SSSR count). The van der Waals surface area contributed by atoms with Crippen LogP contribution in [-0.4, -0.2) is 4.98 Å². The highest BCUT2D eigenvalue weighted by Gasteiger charge is 2.17. The van der Waals surface area contributed by atoms with Gasteiger partial charge >= 0.3 is 0 Å². The maximum atomic E-state index is 13.8. The first kappa shape index (κ1) is 13.3. The smallest absolute Gasteiger partial charge is 0.149 e. The Morgan fingerprint density at radius 1 is 1.25 bits per heavy atom. The maximum absolute atomic E-state index is 13.8. The Balaban J connectivity index is 1.96. The fourth-order valence-corrected chi connectivity index (χ4v) is 3.19. The number of hydrogen-bond donors (Lipinski definition) is 2. The minimum absolute atomic E-state index is 0.303. The number of nitrogens with one attached hydrogen (secondary N) is 1. The van der Waals surface area contributed by atoms with Crippen LogP contribution in [0.3, 0.4) is 0 Å². The predicted octanol–water partition coefficient (Wildman–Crippen LogP) is 3.78.